The zero-order valence-corrected chi connectivity index (χ0v) is 14.9. The molecule has 1 N–H and O–H groups in total. The van der Waals surface area contributed by atoms with E-state index in [2.05, 4.69) is 20.9 Å². The molecule has 1 heterocycles. The van der Waals surface area contributed by atoms with Gasteiger partial charge in [-0.3, -0.25) is 9.36 Å². The summed E-state index contributed by atoms with van der Waals surface area (Å²) in [5, 5.41) is 9.87. The van der Waals surface area contributed by atoms with Crippen LogP contribution in [0, 0.1) is 0 Å². The maximum atomic E-state index is 12.7. The summed E-state index contributed by atoms with van der Waals surface area (Å²) < 4.78 is 12.2. The third-order valence-electron chi connectivity index (χ3n) is 3.46. The lowest BCUT2D eigenvalue weighted by atomic mass is 10.2. The van der Waals surface area contributed by atoms with Gasteiger partial charge >= 0.3 is 0 Å². The fourth-order valence-electron chi connectivity index (χ4n) is 2.32. The van der Waals surface area contributed by atoms with Gasteiger partial charge in [0.2, 0.25) is 5.88 Å². The SMILES string of the molecule is CCCCc1nc(O)c(Br)c(=O)n1-c1c(OC)cccc1OC. The summed E-state index contributed by atoms with van der Waals surface area (Å²) in [6.07, 6.45) is 2.33. The number of rotatable bonds is 6. The Labute approximate surface area is 142 Å². The Balaban J connectivity index is 2.82. The molecule has 124 valence electrons. The number of aryl methyl sites for hydroxylation is 1. The molecule has 6 nitrogen and oxygen atoms in total. The van der Waals surface area contributed by atoms with Crippen LogP contribution in [0.2, 0.25) is 0 Å². The van der Waals surface area contributed by atoms with Gasteiger partial charge in [-0.1, -0.05) is 19.4 Å². The summed E-state index contributed by atoms with van der Waals surface area (Å²) in [4.78, 5) is 16.9. The number of nitrogens with zero attached hydrogens (tertiary/aromatic N) is 2. The van der Waals surface area contributed by atoms with Crippen molar-refractivity contribution in [2.75, 3.05) is 14.2 Å². The average molecular weight is 383 g/mol. The third-order valence-corrected chi connectivity index (χ3v) is 4.15. The van der Waals surface area contributed by atoms with Gasteiger partial charge in [0, 0.05) is 6.42 Å². The number of aromatic nitrogens is 2. The number of hydrogen-bond donors (Lipinski definition) is 1. The second-order valence-corrected chi connectivity index (χ2v) is 5.71. The van der Waals surface area contributed by atoms with E-state index in [-0.39, 0.29) is 10.4 Å². The van der Waals surface area contributed by atoms with Crippen LogP contribution in [0.5, 0.6) is 17.4 Å². The van der Waals surface area contributed by atoms with Gasteiger partial charge in [-0.05, 0) is 34.5 Å². The summed E-state index contributed by atoms with van der Waals surface area (Å²) >= 11 is 3.10. The van der Waals surface area contributed by atoms with Gasteiger partial charge in [-0.2, -0.15) is 4.98 Å². The fourth-order valence-corrected chi connectivity index (χ4v) is 2.58. The number of ether oxygens (including phenoxy) is 2. The molecule has 0 radical (unpaired) electrons. The van der Waals surface area contributed by atoms with Crippen molar-refractivity contribution in [2.45, 2.75) is 26.2 Å². The van der Waals surface area contributed by atoms with Crippen molar-refractivity contribution in [2.24, 2.45) is 0 Å². The molecule has 0 aliphatic carbocycles. The quantitative estimate of drug-likeness (QED) is 0.830. The first kappa shape index (κ1) is 17.3. The topological polar surface area (TPSA) is 73.6 Å². The fraction of sp³-hybridized carbons (Fsp3) is 0.375. The summed E-state index contributed by atoms with van der Waals surface area (Å²) in [7, 11) is 3.05. The summed E-state index contributed by atoms with van der Waals surface area (Å²) in [5.41, 5.74) is 0.0632. The van der Waals surface area contributed by atoms with Gasteiger partial charge in [0.05, 0.1) is 14.2 Å². The van der Waals surface area contributed by atoms with E-state index >= 15 is 0 Å². The average Bonchev–Trinajstić information content (AvgIpc) is 2.57. The van der Waals surface area contributed by atoms with Gasteiger partial charge < -0.3 is 14.6 Å². The Kier molecular flexibility index (Phi) is 5.65. The predicted molar refractivity (Wildman–Crippen MR) is 90.9 cm³/mol. The van der Waals surface area contributed by atoms with E-state index in [9.17, 15) is 9.90 Å². The van der Waals surface area contributed by atoms with E-state index in [0.29, 0.717) is 29.4 Å². The van der Waals surface area contributed by atoms with Crippen LogP contribution in [-0.4, -0.2) is 28.9 Å². The zero-order valence-electron chi connectivity index (χ0n) is 13.3. The second kappa shape index (κ2) is 7.50. The first-order chi connectivity index (χ1) is 11.0. The molecule has 23 heavy (non-hydrogen) atoms. The van der Waals surface area contributed by atoms with E-state index < -0.39 is 5.56 Å². The molecule has 1 aromatic carbocycles. The molecule has 0 unspecified atom stereocenters. The molecule has 0 aliphatic rings. The summed E-state index contributed by atoms with van der Waals surface area (Å²) in [6.45, 7) is 2.05. The van der Waals surface area contributed by atoms with E-state index in [1.54, 1.807) is 18.2 Å². The van der Waals surface area contributed by atoms with Crippen LogP contribution in [0.4, 0.5) is 0 Å². The van der Waals surface area contributed by atoms with Gasteiger partial charge in [0.25, 0.3) is 5.56 Å². The lowest BCUT2D eigenvalue weighted by Gasteiger charge is -2.18. The molecular formula is C16H19BrN2O4. The van der Waals surface area contributed by atoms with Gasteiger partial charge in [-0.15, -0.1) is 0 Å². The molecule has 0 amide bonds. The van der Waals surface area contributed by atoms with Crippen LogP contribution < -0.4 is 15.0 Å². The second-order valence-electron chi connectivity index (χ2n) is 4.92. The van der Waals surface area contributed by atoms with E-state index in [1.165, 1.54) is 18.8 Å². The Hall–Kier alpha value is -2.02. The molecule has 0 saturated carbocycles. The summed E-state index contributed by atoms with van der Waals surface area (Å²) in [6, 6.07) is 5.27. The number of halogens is 1. The molecule has 7 heteroatoms. The minimum atomic E-state index is -0.411. The standard InChI is InChI=1S/C16H19BrN2O4/c1-4-5-9-12-18-15(20)13(17)16(21)19(12)14-10(22-2)7-6-8-11(14)23-3/h6-8,20H,4-5,9H2,1-3H3. The Bertz CT molecular complexity index is 736. The molecule has 0 spiro atoms. The summed E-state index contributed by atoms with van der Waals surface area (Å²) in [5.74, 6) is 1.12. The van der Waals surface area contributed by atoms with Gasteiger partial charge in [0.15, 0.2) is 0 Å². The molecular weight excluding hydrogens is 364 g/mol. The smallest absolute Gasteiger partial charge is 0.276 e. The van der Waals surface area contributed by atoms with Gasteiger partial charge in [-0.25, -0.2) is 0 Å². The Morgan fingerprint density at radius 3 is 2.39 bits per heavy atom. The number of methoxy groups -OCH3 is 2. The monoisotopic (exact) mass is 382 g/mol. The minimum Gasteiger partial charge on any atom is -0.494 e. The molecule has 2 aromatic rings. The van der Waals surface area contributed by atoms with Crippen molar-refractivity contribution in [3.63, 3.8) is 0 Å². The molecule has 0 aliphatic heterocycles. The predicted octanol–water partition coefficient (Wildman–Crippen LogP) is 3.06. The first-order valence-electron chi connectivity index (χ1n) is 7.26. The molecule has 1 aromatic heterocycles. The number of benzene rings is 1. The van der Waals surface area contributed by atoms with E-state index in [1.807, 2.05) is 6.92 Å². The number of unbranched alkanes of at least 4 members (excludes halogenated alkanes) is 1. The minimum absolute atomic E-state index is 0.00528. The van der Waals surface area contributed by atoms with Crippen LogP contribution in [0.25, 0.3) is 5.69 Å². The molecule has 0 atom stereocenters. The highest BCUT2D eigenvalue weighted by Crippen LogP contribution is 2.33. The van der Waals surface area contributed by atoms with Crippen LogP contribution in [-0.2, 0) is 6.42 Å². The van der Waals surface area contributed by atoms with Crippen LogP contribution in [0.3, 0.4) is 0 Å². The Morgan fingerprint density at radius 2 is 1.87 bits per heavy atom. The molecule has 2 rings (SSSR count). The van der Waals surface area contributed by atoms with Crippen molar-refractivity contribution < 1.29 is 14.6 Å². The molecule has 0 saturated heterocycles. The van der Waals surface area contributed by atoms with Crippen molar-refractivity contribution >= 4 is 15.9 Å². The van der Waals surface area contributed by atoms with Crippen molar-refractivity contribution in [1.29, 1.82) is 0 Å². The molecule has 0 fully saturated rings. The van der Waals surface area contributed by atoms with Crippen molar-refractivity contribution in [3.05, 3.63) is 38.9 Å². The van der Waals surface area contributed by atoms with Crippen LogP contribution >= 0.6 is 15.9 Å². The number of para-hydroxylation sites is 1. The van der Waals surface area contributed by atoms with E-state index in [4.69, 9.17) is 9.47 Å². The highest BCUT2D eigenvalue weighted by atomic mass is 79.9. The zero-order chi connectivity index (χ0) is 17.0. The van der Waals surface area contributed by atoms with Crippen molar-refractivity contribution in [3.8, 4) is 23.1 Å². The van der Waals surface area contributed by atoms with E-state index in [0.717, 1.165) is 12.8 Å². The Morgan fingerprint density at radius 1 is 1.26 bits per heavy atom. The lowest BCUT2D eigenvalue weighted by Crippen LogP contribution is -2.25. The highest BCUT2D eigenvalue weighted by molar-refractivity contribution is 9.10. The molecule has 0 bridgehead atoms. The lowest BCUT2D eigenvalue weighted by molar-refractivity contribution is 0.388. The van der Waals surface area contributed by atoms with Crippen molar-refractivity contribution in [1.82, 2.24) is 9.55 Å². The number of aromatic hydroxyl groups is 1. The third kappa shape index (κ3) is 3.34. The largest absolute Gasteiger partial charge is 0.494 e. The van der Waals surface area contributed by atoms with Crippen LogP contribution in [0.15, 0.2) is 27.5 Å². The maximum absolute atomic E-state index is 12.7. The first-order valence-corrected chi connectivity index (χ1v) is 8.06. The maximum Gasteiger partial charge on any atom is 0.276 e. The van der Waals surface area contributed by atoms with Gasteiger partial charge in [0.1, 0.15) is 27.5 Å². The van der Waals surface area contributed by atoms with Crippen LogP contribution in [0.1, 0.15) is 25.6 Å². The normalized spacial score (nSPS) is 10.6. The highest BCUT2D eigenvalue weighted by Gasteiger charge is 2.21. The number of hydrogen-bond acceptors (Lipinski definition) is 5.